The highest BCUT2D eigenvalue weighted by Gasteiger charge is 2.26. The predicted molar refractivity (Wildman–Crippen MR) is 99.3 cm³/mol. The third kappa shape index (κ3) is 6.48. The predicted octanol–water partition coefficient (Wildman–Crippen LogP) is 1.91. The van der Waals surface area contributed by atoms with Gasteiger partial charge in [-0.25, -0.2) is 4.79 Å². The van der Waals surface area contributed by atoms with Crippen LogP contribution in [0.15, 0.2) is 24.3 Å². The van der Waals surface area contributed by atoms with Crippen LogP contribution in [0.3, 0.4) is 0 Å². The quantitative estimate of drug-likeness (QED) is 0.628. The molecule has 7 heteroatoms. The van der Waals surface area contributed by atoms with Gasteiger partial charge < -0.3 is 20.1 Å². The largest absolute Gasteiger partial charge is 0.479 e. The van der Waals surface area contributed by atoms with Crippen molar-refractivity contribution in [2.24, 2.45) is 0 Å². The lowest BCUT2D eigenvalue weighted by Crippen LogP contribution is -2.40. The van der Waals surface area contributed by atoms with Crippen LogP contribution in [0.1, 0.15) is 32.8 Å². The SMILES string of the molecule is CNc1ccccc1C(C)(C)C.O=CC(=O)N1CCCOC(C(=O)O)C1. The van der Waals surface area contributed by atoms with E-state index in [4.69, 9.17) is 9.84 Å². The summed E-state index contributed by atoms with van der Waals surface area (Å²) in [5.74, 6) is -1.81. The lowest BCUT2D eigenvalue weighted by Gasteiger charge is -2.22. The second-order valence-corrected chi connectivity index (χ2v) is 7.00. The Balaban J connectivity index is 0.000000263. The number of nitrogens with one attached hydrogen (secondary N) is 1. The average Bonchev–Trinajstić information content (AvgIpc) is 2.87. The van der Waals surface area contributed by atoms with E-state index >= 15 is 0 Å². The first kappa shape index (κ1) is 21.6. The van der Waals surface area contributed by atoms with Gasteiger partial charge in [-0.15, -0.1) is 0 Å². The Morgan fingerprint density at radius 2 is 1.96 bits per heavy atom. The molecule has 0 saturated carbocycles. The number of nitrogens with zero attached hydrogens (tertiary/aromatic N) is 1. The minimum Gasteiger partial charge on any atom is -0.479 e. The average molecular weight is 364 g/mol. The van der Waals surface area contributed by atoms with Gasteiger partial charge in [0.25, 0.3) is 5.91 Å². The van der Waals surface area contributed by atoms with E-state index in [-0.39, 0.29) is 18.2 Å². The number of para-hydroxylation sites is 1. The number of ether oxygens (including phenoxy) is 1. The fourth-order valence-corrected chi connectivity index (χ4v) is 2.60. The molecule has 1 aromatic carbocycles. The zero-order chi connectivity index (χ0) is 19.7. The summed E-state index contributed by atoms with van der Waals surface area (Å²) in [4.78, 5) is 33.0. The molecule has 1 fully saturated rings. The normalized spacial score (nSPS) is 17.4. The molecule has 0 bridgehead atoms. The fraction of sp³-hybridized carbons (Fsp3) is 0.526. The molecule has 1 aliphatic heterocycles. The molecule has 0 aromatic heterocycles. The number of carbonyl (C=O) groups excluding carboxylic acids is 2. The summed E-state index contributed by atoms with van der Waals surface area (Å²) in [5, 5.41) is 11.9. The lowest BCUT2D eigenvalue weighted by atomic mass is 9.86. The molecule has 0 spiro atoms. The molecule has 1 saturated heterocycles. The molecule has 2 N–H and O–H groups in total. The van der Waals surface area contributed by atoms with Crippen molar-refractivity contribution in [1.82, 2.24) is 4.90 Å². The summed E-state index contributed by atoms with van der Waals surface area (Å²) < 4.78 is 4.98. The zero-order valence-electron chi connectivity index (χ0n) is 15.8. The highest BCUT2D eigenvalue weighted by Crippen LogP contribution is 2.28. The van der Waals surface area contributed by atoms with Gasteiger partial charge in [0.05, 0.1) is 6.54 Å². The van der Waals surface area contributed by atoms with Crippen molar-refractivity contribution >= 4 is 23.9 Å². The molecule has 1 atom stereocenters. The molecule has 1 aromatic rings. The van der Waals surface area contributed by atoms with Crippen LogP contribution in [-0.4, -0.2) is 61.0 Å². The molecule has 144 valence electrons. The molecule has 0 radical (unpaired) electrons. The maximum atomic E-state index is 11.0. The number of hydrogen-bond donors (Lipinski definition) is 2. The number of benzene rings is 1. The summed E-state index contributed by atoms with van der Waals surface area (Å²) >= 11 is 0. The number of anilines is 1. The second kappa shape index (κ2) is 9.91. The first-order valence-electron chi connectivity index (χ1n) is 8.56. The lowest BCUT2D eigenvalue weighted by molar-refractivity contribution is -0.151. The molecule has 2 rings (SSSR count). The first-order valence-corrected chi connectivity index (χ1v) is 8.56. The van der Waals surface area contributed by atoms with Gasteiger partial charge in [0, 0.05) is 25.9 Å². The van der Waals surface area contributed by atoms with E-state index in [1.165, 1.54) is 16.2 Å². The van der Waals surface area contributed by atoms with E-state index in [0.717, 1.165) is 0 Å². The smallest absolute Gasteiger partial charge is 0.334 e. The summed E-state index contributed by atoms with van der Waals surface area (Å²) in [6.45, 7) is 7.27. The van der Waals surface area contributed by atoms with E-state index in [2.05, 4.69) is 50.4 Å². The van der Waals surface area contributed by atoms with Crippen molar-refractivity contribution in [2.45, 2.75) is 38.7 Å². The van der Waals surface area contributed by atoms with Crippen LogP contribution in [0, 0.1) is 0 Å². The molecule has 1 unspecified atom stereocenters. The van der Waals surface area contributed by atoms with Crippen LogP contribution >= 0.6 is 0 Å². The van der Waals surface area contributed by atoms with Gasteiger partial charge >= 0.3 is 5.97 Å². The van der Waals surface area contributed by atoms with E-state index < -0.39 is 18.0 Å². The Kier molecular flexibility index (Phi) is 8.25. The Labute approximate surface area is 154 Å². The third-order valence-electron chi connectivity index (χ3n) is 3.97. The molecule has 26 heavy (non-hydrogen) atoms. The molecule has 1 amide bonds. The highest BCUT2D eigenvalue weighted by atomic mass is 16.5. The zero-order valence-corrected chi connectivity index (χ0v) is 15.8. The Hall–Kier alpha value is -2.41. The number of carboxylic acid groups (broad SMARTS) is 1. The van der Waals surface area contributed by atoms with Crippen molar-refractivity contribution in [3.63, 3.8) is 0 Å². The number of carbonyl (C=O) groups is 3. The Morgan fingerprint density at radius 3 is 2.46 bits per heavy atom. The number of aldehydes is 1. The van der Waals surface area contributed by atoms with E-state index in [9.17, 15) is 14.4 Å². The van der Waals surface area contributed by atoms with E-state index in [1.807, 2.05) is 7.05 Å². The third-order valence-corrected chi connectivity index (χ3v) is 3.97. The molecule has 1 aliphatic rings. The molecular formula is C19H28N2O5. The first-order chi connectivity index (χ1) is 12.2. The van der Waals surface area contributed by atoms with Gasteiger partial charge in [-0.1, -0.05) is 39.0 Å². The van der Waals surface area contributed by atoms with Crippen LogP contribution in [0.2, 0.25) is 0 Å². The van der Waals surface area contributed by atoms with Gasteiger partial charge in [-0.05, 0) is 23.5 Å². The highest BCUT2D eigenvalue weighted by molar-refractivity contribution is 6.23. The van der Waals surface area contributed by atoms with Gasteiger partial charge in [-0.3, -0.25) is 9.59 Å². The summed E-state index contributed by atoms with van der Waals surface area (Å²) in [7, 11) is 1.96. The monoisotopic (exact) mass is 364 g/mol. The standard InChI is InChI=1S/C11H17N.C8H11NO5/c1-11(2,3)9-7-5-6-8-10(9)12-4;10-5-7(11)9-2-1-3-14-6(4-9)8(12)13/h5-8,12H,1-4H3;5-6H,1-4H2,(H,12,13). The summed E-state index contributed by atoms with van der Waals surface area (Å²) in [5.41, 5.74) is 2.82. The number of hydrogen-bond acceptors (Lipinski definition) is 5. The van der Waals surface area contributed by atoms with Gasteiger partial charge in [-0.2, -0.15) is 0 Å². The fourth-order valence-electron chi connectivity index (χ4n) is 2.60. The molecule has 1 heterocycles. The van der Waals surface area contributed by atoms with E-state index in [1.54, 1.807) is 0 Å². The van der Waals surface area contributed by atoms with Crippen LogP contribution in [0.25, 0.3) is 0 Å². The van der Waals surface area contributed by atoms with E-state index in [0.29, 0.717) is 19.6 Å². The van der Waals surface area contributed by atoms with Gasteiger partial charge in [0.15, 0.2) is 6.10 Å². The Morgan fingerprint density at radius 1 is 1.31 bits per heavy atom. The van der Waals surface area contributed by atoms with Crippen molar-refractivity contribution < 1.29 is 24.2 Å². The number of rotatable bonds is 3. The summed E-state index contributed by atoms with van der Waals surface area (Å²) in [6.07, 6.45) is -0.297. The van der Waals surface area contributed by atoms with Gasteiger partial charge in [0.2, 0.25) is 6.29 Å². The van der Waals surface area contributed by atoms with Crippen molar-refractivity contribution in [3.8, 4) is 0 Å². The van der Waals surface area contributed by atoms with Crippen molar-refractivity contribution in [2.75, 3.05) is 32.1 Å². The van der Waals surface area contributed by atoms with Gasteiger partial charge in [0.1, 0.15) is 0 Å². The van der Waals surface area contributed by atoms with Crippen molar-refractivity contribution in [3.05, 3.63) is 29.8 Å². The van der Waals surface area contributed by atoms with Crippen LogP contribution in [-0.2, 0) is 24.5 Å². The number of amides is 1. The van der Waals surface area contributed by atoms with Crippen LogP contribution in [0.4, 0.5) is 5.69 Å². The Bertz CT molecular complexity index is 625. The minimum atomic E-state index is -1.12. The van der Waals surface area contributed by atoms with Crippen molar-refractivity contribution in [1.29, 1.82) is 0 Å². The van der Waals surface area contributed by atoms with Crippen LogP contribution < -0.4 is 5.32 Å². The second-order valence-electron chi connectivity index (χ2n) is 7.00. The molecule has 0 aliphatic carbocycles. The maximum absolute atomic E-state index is 11.0. The minimum absolute atomic E-state index is 0.0626. The summed E-state index contributed by atoms with van der Waals surface area (Å²) in [6, 6.07) is 8.43. The van der Waals surface area contributed by atoms with Crippen LogP contribution in [0.5, 0.6) is 0 Å². The molecular weight excluding hydrogens is 336 g/mol. The topological polar surface area (TPSA) is 95.9 Å². The molecule has 7 nitrogen and oxygen atoms in total. The number of aliphatic carboxylic acids is 1. The maximum Gasteiger partial charge on any atom is 0.334 e. The number of carboxylic acids is 1.